The Kier molecular flexibility index (Phi) is 4.68. The first-order valence-corrected chi connectivity index (χ1v) is 6.34. The van der Waals surface area contributed by atoms with E-state index in [1.165, 1.54) is 7.11 Å². The minimum Gasteiger partial charge on any atom is -0.485 e. The lowest BCUT2D eigenvalue weighted by molar-refractivity contribution is 0.0587. The summed E-state index contributed by atoms with van der Waals surface area (Å²) in [6.07, 6.45) is -0.140. The van der Waals surface area contributed by atoms with E-state index in [2.05, 4.69) is 0 Å². The van der Waals surface area contributed by atoms with Crippen molar-refractivity contribution in [1.82, 2.24) is 0 Å². The summed E-state index contributed by atoms with van der Waals surface area (Å²) in [6.45, 7) is 3.13. The number of esters is 1. The van der Waals surface area contributed by atoms with Gasteiger partial charge >= 0.3 is 5.97 Å². The molecule has 1 unspecified atom stereocenters. The van der Waals surface area contributed by atoms with Crippen LogP contribution < -0.4 is 14.2 Å². The summed E-state index contributed by atoms with van der Waals surface area (Å²) in [5, 5.41) is 0. The van der Waals surface area contributed by atoms with Crippen LogP contribution in [0.2, 0.25) is 0 Å². The summed E-state index contributed by atoms with van der Waals surface area (Å²) in [5.41, 5.74) is 0.328. The highest BCUT2D eigenvalue weighted by atomic mass is 16.6. The quantitative estimate of drug-likeness (QED) is 0.765. The fourth-order valence-corrected chi connectivity index (χ4v) is 1.96. The third kappa shape index (κ3) is 2.96. The maximum absolute atomic E-state index is 11.7. The first kappa shape index (κ1) is 14.5. The van der Waals surface area contributed by atoms with Gasteiger partial charge in [-0.1, -0.05) is 0 Å². The molecule has 1 aromatic rings. The molecular formula is C14H18O6. The number of rotatable bonds is 5. The van der Waals surface area contributed by atoms with Crippen LogP contribution in [0.4, 0.5) is 0 Å². The van der Waals surface area contributed by atoms with Crippen molar-refractivity contribution in [3.8, 4) is 17.2 Å². The summed E-state index contributed by atoms with van der Waals surface area (Å²) in [4.78, 5) is 11.7. The van der Waals surface area contributed by atoms with Crippen LogP contribution in [0.3, 0.4) is 0 Å². The van der Waals surface area contributed by atoms with Gasteiger partial charge in [-0.25, -0.2) is 4.79 Å². The van der Waals surface area contributed by atoms with Gasteiger partial charge in [0, 0.05) is 7.11 Å². The molecule has 1 aliphatic rings. The topological polar surface area (TPSA) is 63.2 Å². The first-order valence-electron chi connectivity index (χ1n) is 6.34. The molecule has 2 rings (SSSR count). The molecule has 1 heterocycles. The van der Waals surface area contributed by atoms with Gasteiger partial charge in [0.15, 0.2) is 11.5 Å². The first-order chi connectivity index (χ1) is 9.67. The highest BCUT2D eigenvalue weighted by Crippen LogP contribution is 2.42. The van der Waals surface area contributed by atoms with E-state index in [0.717, 1.165) is 0 Å². The molecule has 110 valence electrons. The molecule has 20 heavy (non-hydrogen) atoms. The Morgan fingerprint density at radius 3 is 2.60 bits per heavy atom. The molecule has 0 aromatic heterocycles. The molecule has 6 heteroatoms. The maximum atomic E-state index is 11.7. The molecule has 0 radical (unpaired) electrons. The molecule has 1 aromatic carbocycles. The maximum Gasteiger partial charge on any atom is 0.341 e. The summed E-state index contributed by atoms with van der Waals surface area (Å²) >= 11 is 0. The normalized spacial score (nSPS) is 14.6. The molecule has 0 fully saturated rings. The van der Waals surface area contributed by atoms with Gasteiger partial charge < -0.3 is 23.7 Å². The Bertz CT molecular complexity index is 485. The second-order valence-electron chi connectivity index (χ2n) is 4.34. The number of benzene rings is 1. The molecule has 0 saturated carbocycles. The highest BCUT2D eigenvalue weighted by molar-refractivity contribution is 5.94. The van der Waals surface area contributed by atoms with Crippen LogP contribution in [-0.2, 0) is 9.47 Å². The fourth-order valence-electron chi connectivity index (χ4n) is 1.96. The number of carbonyl (C=O) groups excluding carboxylic acids is 1. The van der Waals surface area contributed by atoms with Crippen LogP contribution in [0.25, 0.3) is 0 Å². The average Bonchev–Trinajstić information content (AvgIpc) is 2.47. The Morgan fingerprint density at radius 2 is 1.95 bits per heavy atom. The van der Waals surface area contributed by atoms with E-state index in [1.807, 2.05) is 6.92 Å². The van der Waals surface area contributed by atoms with Crippen LogP contribution in [0.15, 0.2) is 12.1 Å². The molecule has 0 spiro atoms. The van der Waals surface area contributed by atoms with Gasteiger partial charge in [-0.05, 0) is 19.1 Å². The van der Waals surface area contributed by atoms with E-state index < -0.39 is 5.97 Å². The molecule has 0 amide bonds. The largest absolute Gasteiger partial charge is 0.485 e. The molecule has 1 aliphatic heterocycles. The monoisotopic (exact) mass is 282 g/mol. The molecule has 0 bridgehead atoms. The van der Waals surface area contributed by atoms with Gasteiger partial charge in [0.25, 0.3) is 0 Å². The number of hydrogen-bond donors (Lipinski definition) is 0. The lowest BCUT2D eigenvalue weighted by Gasteiger charge is -2.24. The van der Waals surface area contributed by atoms with Gasteiger partial charge in [-0.15, -0.1) is 0 Å². The molecule has 0 N–H and O–H groups in total. The third-order valence-electron chi connectivity index (χ3n) is 2.79. The van der Waals surface area contributed by atoms with Gasteiger partial charge in [-0.3, -0.25) is 0 Å². The highest BCUT2D eigenvalue weighted by Gasteiger charge is 2.25. The zero-order valence-corrected chi connectivity index (χ0v) is 11.8. The van der Waals surface area contributed by atoms with Gasteiger partial charge in [0.2, 0.25) is 5.75 Å². The average molecular weight is 282 g/mol. The van der Waals surface area contributed by atoms with Crippen molar-refractivity contribution in [1.29, 1.82) is 0 Å². The Morgan fingerprint density at radius 1 is 1.25 bits per heavy atom. The second kappa shape index (κ2) is 6.47. The summed E-state index contributed by atoms with van der Waals surface area (Å²) in [7, 11) is 2.93. The van der Waals surface area contributed by atoms with Gasteiger partial charge in [-0.2, -0.15) is 0 Å². The van der Waals surface area contributed by atoms with Crippen LogP contribution in [0.1, 0.15) is 17.3 Å². The van der Waals surface area contributed by atoms with Crippen LogP contribution >= 0.6 is 0 Å². The van der Waals surface area contributed by atoms with Crippen molar-refractivity contribution < 1.29 is 28.5 Å². The van der Waals surface area contributed by atoms with Crippen molar-refractivity contribution in [2.24, 2.45) is 0 Å². The predicted molar refractivity (Wildman–Crippen MR) is 70.7 cm³/mol. The lowest BCUT2D eigenvalue weighted by atomic mass is 10.1. The van der Waals surface area contributed by atoms with Crippen LogP contribution in [0.5, 0.6) is 17.2 Å². The van der Waals surface area contributed by atoms with Crippen molar-refractivity contribution in [2.45, 2.75) is 13.0 Å². The van der Waals surface area contributed by atoms with Gasteiger partial charge in [0.1, 0.15) is 24.9 Å². The minimum atomic E-state index is -0.469. The summed E-state index contributed by atoms with van der Waals surface area (Å²) in [5.74, 6) is 0.854. The van der Waals surface area contributed by atoms with Crippen molar-refractivity contribution in [3.63, 3.8) is 0 Å². The standard InChI is InChI=1S/C14H18O6/c1-9(8-16-2)20-11-5-4-10(14(15)17-3)12-13(11)19-7-6-18-12/h4-5,9H,6-8H2,1-3H3. The molecular weight excluding hydrogens is 264 g/mol. The van der Waals surface area contributed by atoms with Crippen molar-refractivity contribution in [2.75, 3.05) is 34.0 Å². The van der Waals surface area contributed by atoms with E-state index in [4.69, 9.17) is 23.7 Å². The van der Waals surface area contributed by atoms with E-state index in [1.54, 1.807) is 19.2 Å². The molecule has 0 saturated heterocycles. The van der Waals surface area contributed by atoms with E-state index in [9.17, 15) is 4.79 Å². The molecule has 0 aliphatic carbocycles. The number of ether oxygens (including phenoxy) is 5. The second-order valence-corrected chi connectivity index (χ2v) is 4.34. The van der Waals surface area contributed by atoms with Gasteiger partial charge in [0.05, 0.1) is 13.7 Å². The zero-order valence-electron chi connectivity index (χ0n) is 11.8. The zero-order chi connectivity index (χ0) is 14.5. The molecule has 1 atom stereocenters. The van der Waals surface area contributed by atoms with Crippen molar-refractivity contribution >= 4 is 5.97 Å². The number of carbonyl (C=O) groups is 1. The SMILES string of the molecule is COCC(C)Oc1ccc(C(=O)OC)c2c1OCCO2. The molecule has 6 nitrogen and oxygen atoms in total. The van der Waals surface area contributed by atoms with E-state index >= 15 is 0 Å². The number of hydrogen-bond acceptors (Lipinski definition) is 6. The third-order valence-corrected chi connectivity index (χ3v) is 2.79. The van der Waals surface area contributed by atoms with E-state index in [0.29, 0.717) is 42.6 Å². The smallest absolute Gasteiger partial charge is 0.341 e. The summed E-state index contributed by atoms with van der Waals surface area (Å²) < 4.78 is 26.6. The minimum absolute atomic E-state index is 0.140. The Balaban J connectivity index is 2.33. The van der Waals surface area contributed by atoms with Crippen molar-refractivity contribution in [3.05, 3.63) is 17.7 Å². The lowest BCUT2D eigenvalue weighted by Crippen LogP contribution is -2.22. The number of methoxy groups -OCH3 is 2. The summed E-state index contributed by atoms with van der Waals surface area (Å²) in [6, 6.07) is 3.28. The number of fused-ring (bicyclic) bond motifs is 1. The van der Waals surface area contributed by atoms with E-state index in [-0.39, 0.29) is 6.10 Å². The van der Waals surface area contributed by atoms with Crippen LogP contribution in [-0.4, -0.2) is 46.1 Å². The predicted octanol–water partition coefficient (Wildman–Crippen LogP) is 1.66. The Hall–Kier alpha value is -1.95. The fraction of sp³-hybridized carbons (Fsp3) is 0.500. The Labute approximate surface area is 117 Å². The van der Waals surface area contributed by atoms with Crippen LogP contribution in [0, 0.1) is 0 Å².